The van der Waals surface area contributed by atoms with Crippen molar-refractivity contribution in [2.24, 2.45) is 0 Å². The quantitative estimate of drug-likeness (QED) is 0.751. The second-order valence-electron chi connectivity index (χ2n) is 3.29. The summed E-state index contributed by atoms with van der Waals surface area (Å²) in [5, 5.41) is 6.38. The van der Waals surface area contributed by atoms with E-state index < -0.39 is 0 Å². The fourth-order valence-electron chi connectivity index (χ4n) is 1.49. The summed E-state index contributed by atoms with van der Waals surface area (Å²) in [6, 6.07) is 5.79. The van der Waals surface area contributed by atoms with Crippen molar-refractivity contribution >= 4 is 38.6 Å². The molecule has 0 amide bonds. The predicted molar refractivity (Wildman–Crippen MR) is 68.4 cm³/mol. The third-order valence-corrected chi connectivity index (χ3v) is 3.47. The Morgan fingerprint density at radius 3 is 3.06 bits per heavy atom. The second kappa shape index (κ2) is 3.57. The summed E-state index contributed by atoms with van der Waals surface area (Å²) in [5.74, 6) is 0.708. The molecule has 80 valence electrons. The van der Waals surface area contributed by atoms with Gasteiger partial charge in [-0.25, -0.2) is 9.50 Å². The molecule has 6 heteroatoms. The first kappa shape index (κ1) is 9.80. The van der Waals surface area contributed by atoms with Crippen LogP contribution in [0.2, 0.25) is 0 Å². The maximum absolute atomic E-state index is 5.87. The second-order valence-corrected chi connectivity index (χ2v) is 5.16. The topological polar surface area (TPSA) is 56.2 Å². The third-order valence-electron chi connectivity index (χ3n) is 2.17. The number of nitrogen functional groups attached to an aromatic ring is 1. The minimum Gasteiger partial charge on any atom is -0.396 e. The number of anilines is 1. The standard InChI is InChI=1S/C10H7BrN4S/c11-6-4-7(12)10-13-9(14-15(10)5-6)8-2-1-3-16-8/h1-5H,12H2. The molecule has 0 atom stereocenters. The van der Waals surface area contributed by atoms with E-state index in [2.05, 4.69) is 26.0 Å². The van der Waals surface area contributed by atoms with E-state index in [0.717, 1.165) is 9.35 Å². The summed E-state index contributed by atoms with van der Waals surface area (Å²) in [6.07, 6.45) is 1.84. The number of halogens is 1. The Labute approximate surface area is 104 Å². The van der Waals surface area contributed by atoms with E-state index in [9.17, 15) is 0 Å². The van der Waals surface area contributed by atoms with Crippen LogP contribution in [0.3, 0.4) is 0 Å². The molecule has 0 aliphatic rings. The monoisotopic (exact) mass is 294 g/mol. The first-order valence-electron chi connectivity index (χ1n) is 4.59. The van der Waals surface area contributed by atoms with Gasteiger partial charge in [0.05, 0.1) is 10.6 Å². The Bertz CT molecular complexity index is 644. The van der Waals surface area contributed by atoms with Gasteiger partial charge in [0.25, 0.3) is 0 Å². The fraction of sp³-hybridized carbons (Fsp3) is 0. The van der Waals surface area contributed by atoms with Crippen molar-refractivity contribution in [1.29, 1.82) is 0 Å². The summed E-state index contributed by atoms with van der Waals surface area (Å²) in [4.78, 5) is 5.45. The number of hydrogen-bond acceptors (Lipinski definition) is 4. The summed E-state index contributed by atoms with van der Waals surface area (Å²) in [7, 11) is 0. The van der Waals surface area contributed by atoms with Gasteiger partial charge in [-0.3, -0.25) is 0 Å². The number of hydrogen-bond donors (Lipinski definition) is 1. The lowest BCUT2D eigenvalue weighted by Crippen LogP contribution is -1.93. The van der Waals surface area contributed by atoms with Crippen molar-refractivity contribution in [2.45, 2.75) is 0 Å². The Morgan fingerprint density at radius 1 is 1.44 bits per heavy atom. The zero-order valence-corrected chi connectivity index (χ0v) is 10.5. The molecule has 0 fully saturated rings. The van der Waals surface area contributed by atoms with Crippen molar-refractivity contribution < 1.29 is 0 Å². The zero-order chi connectivity index (χ0) is 11.1. The highest BCUT2D eigenvalue weighted by molar-refractivity contribution is 9.10. The van der Waals surface area contributed by atoms with E-state index in [1.807, 2.05) is 29.8 Å². The van der Waals surface area contributed by atoms with E-state index in [1.165, 1.54) is 0 Å². The Kier molecular flexibility index (Phi) is 2.19. The van der Waals surface area contributed by atoms with Gasteiger partial charge in [0.2, 0.25) is 0 Å². The number of fused-ring (bicyclic) bond motifs is 1. The molecule has 0 saturated carbocycles. The molecule has 0 saturated heterocycles. The Morgan fingerprint density at radius 2 is 2.31 bits per heavy atom. The summed E-state index contributed by atoms with van der Waals surface area (Å²) >= 11 is 4.99. The van der Waals surface area contributed by atoms with Crippen LogP contribution in [-0.2, 0) is 0 Å². The molecular weight excluding hydrogens is 288 g/mol. The lowest BCUT2D eigenvalue weighted by molar-refractivity contribution is 0.963. The highest BCUT2D eigenvalue weighted by Crippen LogP contribution is 2.24. The Balaban J connectivity index is 2.27. The van der Waals surface area contributed by atoms with Crippen LogP contribution in [0, 0.1) is 0 Å². The van der Waals surface area contributed by atoms with E-state index in [-0.39, 0.29) is 0 Å². The third kappa shape index (κ3) is 1.50. The van der Waals surface area contributed by atoms with E-state index >= 15 is 0 Å². The van der Waals surface area contributed by atoms with Gasteiger partial charge in [-0.15, -0.1) is 16.4 Å². The molecule has 3 rings (SSSR count). The van der Waals surface area contributed by atoms with Crippen molar-refractivity contribution in [1.82, 2.24) is 14.6 Å². The van der Waals surface area contributed by atoms with Gasteiger partial charge >= 0.3 is 0 Å². The summed E-state index contributed by atoms with van der Waals surface area (Å²) < 4.78 is 2.58. The maximum atomic E-state index is 5.87. The average Bonchev–Trinajstić information content (AvgIpc) is 2.82. The highest BCUT2D eigenvalue weighted by atomic mass is 79.9. The fourth-order valence-corrected chi connectivity index (χ4v) is 2.58. The van der Waals surface area contributed by atoms with Gasteiger partial charge in [0, 0.05) is 10.7 Å². The number of aromatic nitrogens is 3. The number of thiophene rings is 1. The largest absolute Gasteiger partial charge is 0.396 e. The Hall–Kier alpha value is -1.40. The molecule has 3 heterocycles. The van der Waals surface area contributed by atoms with Gasteiger partial charge in [-0.1, -0.05) is 6.07 Å². The molecule has 3 aromatic heterocycles. The molecule has 0 aliphatic heterocycles. The lowest BCUT2D eigenvalue weighted by atomic mass is 10.4. The van der Waals surface area contributed by atoms with E-state index in [0.29, 0.717) is 17.2 Å². The van der Waals surface area contributed by atoms with Crippen LogP contribution in [0.15, 0.2) is 34.2 Å². The van der Waals surface area contributed by atoms with Crippen LogP contribution < -0.4 is 5.73 Å². The number of nitrogens with zero attached hydrogens (tertiary/aromatic N) is 3. The molecule has 0 unspecified atom stereocenters. The van der Waals surface area contributed by atoms with Crippen LogP contribution in [0.5, 0.6) is 0 Å². The molecule has 0 bridgehead atoms. The maximum Gasteiger partial charge on any atom is 0.192 e. The van der Waals surface area contributed by atoms with Crippen molar-refractivity contribution in [3.8, 4) is 10.7 Å². The first-order valence-corrected chi connectivity index (χ1v) is 6.26. The summed E-state index contributed by atoms with van der Waals surface area (Å²) in [6.45, 7) is 0. The molecule has 3 aromatic rings. The molecule has 0 spiro atoms. The smallest absolute Gasteiger partial charge is 0.192 e. The molecular formula is C10H7BrN4S. The summed E-state index contributed by atoms with van der Waals surface area (Å²) in [5.41, 5.74) is 7.18. The minimum absolute atomic E-state index is 0.615. The number of pyridine rings is 1. The molecule has 0 aromatic carbocycles. The van der Waals surface area contributed by atoms with Gasteiger partial charge < -0.3 is 5.73 Å². The van der Waals surface area contributed by atoms with Gasteiger partial charge in [0.1, 0.15) is 0 Å². The normalized spacial score (nSPS) is 11.1. The van der Waals surface area contributed by atoms with Crippen molar-refractivity contribution in [3.05, 3.63) is 34.2 Å². The molecule has 16 heavy (non-hydrogen) atoms. The molecule has 0 aliphatic carbocycles. The van der Waals surface area contributed by atoms with Crippen LogP contribution in [0.1, 0.15) is 0 Å². The van der Waals surface area contributed by atoms with Crippen LogP contribution in [-0.4, -0.2) is 14.6 Å². The van der Waals surface area contributed by atoms with Crippen LogP contribution in [0.25, 0.3) is 16.3 Å². The van der Waals surface area contributed by atoms with Crippen LogP contribution in [0.4, 0.5) is 5.69 Å². The molecule has 2 N–H and O–H groups in total. The van der Waals surface area contributed by atoms with Crippen molar-refractivity contribution in [3.63, 3.8) is 0 Å². The lowest BCUT2D eigenvalue weighted by Gasteiger charge is -1.96. The molecule has 0 radical (unpaired) electrons. The SMILES string of the molecule is Nc1cc(Br)cn2nc(-c3cccs3)nc12. The van der Waals surface area contributed by atoms with Crippen molar-refractivity contribution in [2.75, 3.05) is 5.73 Å². The number of nitrogens with two attached hydrogens (primary N) is 1. The van der Waals surface area contributed by atoms with E-state index in [4.69, 9.17) is 5.73 Å². The predicted octanol–water partition coefficient (Wildman–Crippen LogP) is 2.80. The molecule has 4 nitrogen and oxygen atoms in total. The zero-order valence-electron chi connectivity index (χ0n) is 8.09. The average molecular weight is 295 g/mol. The van der Waals surface area contributed by atoms with Gasteiger partial charge in [-0.05, 0) is 33.4 Å². The van der Waals surface area contributed by atoms with Gasteiger partial charge in [-0.2, -0.15) is 0 Å². The van der Waals surface area contributed by atoms with E-state index in [1.54, 1.807) is 15.9 Å². The van der Waals surface area contributed by atoms with Gasteiger partial charge in [0.15, 0.2) is 11.5 Å². The number of rotatable bonds is 1. The van der Waals surface area contributed by atoms with Crippen LogP contribution >= 0.6 is 27.3 Å². The highest BCUT2D eigenvalue weighted by Gasteiger charge is 2.09. The minimum atomic E-state index is 0.615. The first-order chi connectivity index (χ1) is 7.74.